The standard InChI is InChI=1S/C28H31Cl2N3O4S/c1-4-20(2)31-28(35)21(3)32(18-22-10-8-9-13-26(22)30)27(34)19-33(24-11-6-5-7-12-24)38(36,37)25-16-14-23(29)15-17-25/h5-17,20-21H,4,18-19H2,1-3H3,(H,31,35). The van der Waals surface area contributed by atoms with Crippen LogP contribution in [0.1, 0.15) is 32.8 Å². The molecule has 0 aliphatic carbocycles. The highest BCUT2D eigenvalue weighted by atomic mass is 35.5. The maximum absolute atomic E-state index is 13.9. The molecule has 3 aromatic carbocycles. The number of sulfonamides is 1. The van der Waals surface area contributed by atoms with E-state index in [2.05, 4.69) is 5.32 Å². The molecule has 0 radical (unpaired) electrons. The number of hydrogen-bond acceptors (Lipinski definition) is 4. The van der Waals surface area contributed by atoms with Crippen molar-refractivity contribution in [2.45, 2.75) is 50.7 Å². The third kappa shape index (κ3) is 7.28. The minimum Gasteiger partial charge on any atom is -0.352 e. The zero-order valence-corrected chi connectivity index (χ0v) is 23.8. The van der Waals surface area contributed by atoms with Crippen molar-refractivity contribution >= 4 is 50.7 Å². The number of benzene rings is 3. The van der Waals surface area contributed by atoms with Gasteiger partial charge in [0.25, 0.3) is 10.0 Å². The number of nitrogens with zero attached hydrogens (tertiary/aromatic N) is 2. The molecule has 0 aliphatic rings. The Morgan fingerprint density at radius 3 is 2.11 bits per heavy atom. The number of carbonyl (C=O) groups excluding carboxylic acids is 2. The number of rotatable bonds is 11. The molecule has 3 aromatic rings. The SMILES string of the molecule is CCC(C)NC(=O)C(C)N(Cc1ccccc1Cl)C(=O)CN(c1ccccc1)S(=O)(=O)c1ccc(Cl)cc1. The molecule has 0 saturated heterocycles. The van der Waals surface area contributed by atoms with E-state index in [9.17, 15) is 18.0 Å². The van der Waals surface area contributed by atoms with E-state index in [1.165, 1.54) is 29.2 Å². The Kier molecular flexibility index (Phi) is 10.2. The first-order valence-corrected chi connectivity index (χ1v) is 14.4. The molecule has 0 fully saturated rings. The molecule has 0 spiro atoms. The molecule has 7 nitrogen and oxygen atoms in total. The van der Waals surface area contributed by atoms with Crippen LogP contribution in [0, 0.1) is 0 Å². The minimum atomic E-state index is -4.15. The Labute approximate surface area is 234 Å². The lowest BCUT2D eigenvalue weighted by Crippen LogP contribution is -2.52. The third-order valence-electron chi connectivity index (χ3n) is 6.19. The number of anilines is 1. The van der Waals surface area contributed by atoms with Crippen LogP contribution in [0.3, 0.4) is 0 Å². The number of amides is 2. The molecule has 0 saturated carbocycles. The van der Waals surface area contributed by atoms with Crippen LogP contribution in [0.5, 0.6) is 0 Å². The largest absolute Gasteiger partial charge is 0.352 e. The smallest absolute Gasteiger partial charge is 0.264 e. The van der Waals surface area contributed by atoms with Gasteiger partial charge in [-0.3, -0.25) is 13.9 Å². The fraction of sp³-hybridized carbons (Fsp3) is 0.286. The second-order valence-electron chi connectivity index (χ2n) is 8.91. The summed E-state index contributed by atoms with van der Waals surface area (Å²) in [5, 5.41) is 3.73. The van der Waals surface area contributed by atoms with E-state index < -0.39 is 28.5 Å². The van der Waals surface area contributed by atoms with Crippen molar-refractivity contribution in [1.82, 2.24) is 10.2 Å². The van der Waals surface area contributed by atoms with Crippen molar-refractivity contribution in [2.24, 2.45) is 0 Å². The second kappa shape index (κ2) is 13.1. The van der Waals surface area contributed by atoms with E-state index in [1.54, 1.807) is 61.5 Å². The summed E-state index contributed by atoms with van der Waals surface area (Å²) < 4.78 is 28.5. The highest BCUT2D eigenvalue weighted by Crippen LogP contribution is 2.26. The lowest BCUT2D eigenvalue weighted by Gasteiger charge is -2.32. The van der Waals surface area contributed by atoms with Gasteiger partial charge in [0.15, 0.2) is 0 Å². The van der Waals surface area contributed by atoms with Crippen LogP contribution in [0.15, 0.2) is 83.8 Å². The van der Waals surface area contributed by atoms with Gasteiger partial charge in [-0.05, 0) is 68.3 Å². The summed E-state index contributed by atoms with van der Waals surface area (Å²) >= 11 is 12.3. The molecular formula is C28H31Cl2N3O4S. The van der Waals surface area contributed by atoms with Gasteiger partial charge in [0.05, 0.1) is 10.6 Å². The van der Waals surface area contributed by atoms with Gasteiger partial charge in [0.2, 0.25) is 11.8 Å². The zero-order valence-electron chi connectivity index (χ0n) is 21.5. The van der Waals surface area contributed by atoms with Gasteiger partial charge in [-0.1, -0.05) is 66.5 Å². The highest BCUT2D eigenvalue weighted by Gasteiger charge is 2.33. The molecule has 2 atom stereocenters. The van der Waals surface area contributed by atoms with Crippen LogP contribution in [0.2, 0.25) is 10.0 Å². The van der Waals surface area contributed by atoms with Crippen LogP contribution in [0.4, 0.5) is 5.69 Å². The van der Waals surface area contributed by atoms with Crippen LogP contribution in [-0.2, 0) is 26.2 Å². The van der Waals surface area contributed by atoms with Crippen LogP contribution in [-0.4, -0.2) is 43.8 Å². The maximum atomic E-state index is 13.9. The summed E-state index contributed by atoms with van der Waals surface area (Å²) in [6.07, 6.45) is 0.720. The van der Waals surface area contributed by atoms with Crippen LogP contribution >= 0.6 is 23.2 Å². The Balaban J connectivity index is 2.01. The first-order valence-electron chi connectivity index (χ1n) is 12.2. The minimum absolute atomic E-state index is 0.0150. The summed E-state index contributed by atoms with van der Waals surface area (Å²) in [4.78, 5) is 28.2. The summed E-state index contributed by atoms with van der Waals surface area (Å²) in [7, 11) is -4.15. The molecule has 0 heterocycles. The van der Waals surface area contributed by atoms with Gasteiger partial charge >= 0.3 is 0 Å². The monoisotopic (exact) mass is 575 g/mol. The van der Waals surface area contributed by atoms with Gasteiger partial charge in [-0.2, -0.15) is 0 Å². The molecule has 2 amide bonds. The molecule has 38 heavy (non-hydrogen) atoms. The average Bonchev–Trinajstić information content (AvgIpc) is 2.91. The van der Waals surface area contributed by atoms with Gasteiger partial charge < -0.3 is 10.2 Å². The third-order valence-corrected chi connectivity index (χ3v) is 8.60. The average molecular weight is 577 g/mol. The van der Waals surface area contributed by atoms with E-state index in [0.717, 1.165) is 10.7 Å². The lowest BCUT2D eigenvalue weighted by molar-refractivity contribution is -0.139. The molecular weight excluding hydrogens is 545 g/mol. The molecule has 2 unspecified atom stereocenters. The Morgan fingerprint density at radius 1 is 0.895 bits per heavy atom. The molecule has 0 aromatic heterocycles. The van der Waals surface area contributed by atoms with Crippen LogP contribution in [0.25, 0.3) is 0 Å². The van der Waals surface area contributed by atoms with Crippen molar-refractivity contribution in [2.75, 3.05) is 10.8 Å². The Bertz CT molecular complexity index is 1350. The van der Waals surface area contributed by atoms with Crippen molar-refractivity contribution in [3.63, 3.8) is 0 Å². The van der Waals surface area contributed by atoms with Crippen molar-refractivity contribution < 1.29 is 18.0 Å². The van der Waals surface area contributed by atoms with E-state index >= 15 is 0 Å². The maximum Gasteiger partial charge on any atom is 0.264 e. The number of halogens is 2. The molecule has 10 heteroatoms. The van der Waals surface area contributed by atoms with E-state index in [0.29, 0.717) is 21.3 Å². The Hall–Kier alpha value is -3.07. The zero-order chi connectivity index (χ0) is 27.9. The van der Waals surface area contributed by atoms with Crippen molar-refractivity contribution in [3.8, 4) is 0 Å². The molecule has 1 N–H and O–H groups in total. The van der Waals surface area contributed by atoms with E-state index in [1.807, 2.05) is 13.8 Å². The summed E-state index contributed by atoms with van der Waals surface area (Å²) in [5.41, 5.74) is 0.947. The van der Waals surface area contributed by atoms with Crippen molar-refractivity contribution in [1.29, 1.82) is 0 Å². The predicted molar refractivity (Wildman–Crippen MR) is 152 cm³/mol. The molecule has 0 aliphatic heterocycles. The van der Waals surface area contributed by atoms with Gasteiger partial charge in [-0.25, -0.2) is 8.42 Å². The topological polar surface area (TPSA) is 86.8 Å². The summed E-state index contributed by atoms with van der Waals surface area (Å²) in [6.45, 7) is 4.94. The highest BCUT2D eigenvalue weighted by molar-refractivity contribution is 7.92. The first kappa shape index (κ1) is 29.5. The van der Waals surface area contributed by atoms with Crippen molar-refractivity contribution in [3.05, 3.63) is 94.5 Å². The predicted octanol–water partition coefficient (Wildman–Crippen LogP) is 5.52. The van der Waals surface area contributed by atoms with Gasteiger partial charge in [-0.15, -0.1) is 0 Å². The molecule has 202 valence electrons. The van der Waals surface area contributed by atoms with Crippen LogP contribution < -0.4 is 9.62 Å². The summed E-state index contributed by atoms with van der Waals surface area (Å²) in [6, 6.07) is 20.1. The summed E-state index contributed by atoms with van der Waals surface area (Å²) in [5.74, 6) is -0.898. The van der Waals surface area contributed by atoms with E-state index in [4.69, 9.17) is 23.2 Å². The number of nitrogens with one attached hydrogen (secondary N) is 1. The number of hydrogen-bond donors (Lipinski definition) is 1. The van der Waals surface area contributed by atoms with E-state index in [-0.39, 0.29) is 23.4 Å². The fourth-order valence-electron chi connectivity index (χ4n) is 3.72. The quantitative estimate of drug-likeness (QED) is 0.326. The lowest BCUT2D eigenvalue weighted by atomic mass is 10.1. The number of carbonyl (C=O) groups is 2. The normalized spacial score (nSPS) is 12.9. The Morgan fingerprint density at radius 2 is 1.50 bits per heavy atom. The van der Waals surface area contributed by atoms with Gasteiger partial charge in [0, 0.05) is 22.6 Å². The first-order chi connectivity index (χ1) is 18.0. The molecule has 3 rings (SSSR count). The number of para-hydroxylation sites is 1. The fourth-order valence-corrected chi connectivity index (χ4v) is 5.45. The van der Waals surface area contributed by atoms with Gasteiger partial charge in [0.1, 0.15) is 12.6 Å². The molecule has 0 bridgehead atoms. The second-order valence-corrected chi connectivity index (χ2v) is 11.6.